The second-order valence-electron chi connectivity index (χ2n) is 0.649. The van der Waals surface area contributed by atoms with E-state index in [9.17, 15) is 14.4 Å². The van der Waals surface area contributed by atoms with Crippen LogP contribution >= 0.6 is 7.82 Å². The van der Waals surface area contributed by atoms with Crippen LogP contribution in [0.4, 0.5) is 0 Å². The zero-order valence-corrected chi connectivity index (χ0v) is 5.96. The van der Waals surface area contributed by atoms with E-state index in [-0.39, 0.29) is 37.7 Å². The zero-order valence-electron chi connectivity index (χ0n) is 5.07. The van der Waals surface area contributed by atoms with Gasteiger partial charge < -0.3 is 18.9 Å². The first-order valence-corrected chi connectivity index (χ1v) is 2.66. The van der Waals surface area contributed by atoms with Crippen molar-refractivity contribution >= 4 is 14.3 Å². The predicted molar refractivity (Wildman–Crippen MR) is 14.8 cm³/mol. The van der Waals surface area contributed by atoms with Crippen molar-refractivity contribution in [2.24, 2.45) is 0 Å². The molecule has 0 heterocycles. The molecule has 0 saturated carbocycles. The normalized spacial score (nSPS) is 8.22. The van der Waals surface area contributed by atoms with Gasteiger partial charge in [-0.2, -0.15) is 0 Å². The van der Waals surface area contributed by atoms with Gasteiger partial charge in [0.05, 0.1) is 0 Å². The molecule has 0 fully saturated rings. The fourth-order valence-electron chi connectivity index (χ4n) is 0.0527. The minimum Gasteiger partial charge on any atom is -0.780 e. The van der Waals surface area contributed by atoms with Gasteiger partial charge in [0.1, 0.15) is 7.82 Å². The summed E-state index contributed by atoms with van der Waals surface area (Å²) in [6.45, 7) is -0.430. The first-order valence-electron chi connectivity index (χ1n) is 1.20. The molecule has 0 aliphatic rings. The number of rotatable bonds is 2. The molecule has 0 amide bonds. The molecule has 0 aromatic carbocycles. The van der Waals surface area contributed by atoms with E-state index in [4.69, 9.17) is 4.79 Å². The summed E-state index contributed by atoms with van der Waals surface area (Å²) in [6, 6.07) is 0. The van der Waals surface area contributed by atoms with E-state index in [0.717, 1.165) is 0 Å². The van der Waals surface area contributed by atoms with Crippen LogP contribution in [-0.4, -0.2) is 6.47 Å². The van der Waals surface area contributed by atoms with Crippen molar-refractivity contribution in [3.8, 4) is 0 Å². The number of phosphoric ester groups is 1. The van der Waals surface area contributed by atoms with Crippen molar-refractivity contribution in [2.75, 3.05) is 0 Å². The summed E-state index contributed by atoms with van der Waals surface area (Å²) in [6.07, 6.45) is 0. The smallest absolute Gasteiger partial charge is 0.780 e. The van der Waals surface area contributed by atoms with Crippen LogP contribution in [0.5, 0.6) is 0 Å². The van der Waals surface area contributed by atoms with Gasteiger partial charge in [-0.3, -0.25) is 4.79 Å². The average Bonchev–Trinajstić information content (AvgIpc) is 1.30. The third-order valence-corrected chi connectivity index (χ3v) is 0.516. The van der Waals surface area contributed by atoms with E-state index in [2.05, 4.69) is 4.52 Å². The third-order valence-electron chi connectivity index (χ3n) is 0.172. The molecule has 0 aliphatic carbocycles. The maximum absolute atomic E-state index is 9.25. The van der Waals surface area contributed by atoms with Crippen LogP contribution in [0.3, 0.4) is 0 Å². The molecular formula is CHLi2O5P. The Bertz CT molecular complexity index is 108. The molecule has 0 aromatic heterocycles. The summed E-state index contributed by atoms with van der Waals surface area (Å²) in [4.78, 5) is 27.5. The van der Waals surface area contributed by atoms with Crippen LogP contribution in [-0.2, 0) is 13.9 Å². The number of hydrogen-bond donors (Lipinski definition) is 0. The van der Waals surface area contributed by atoms with E-state index in [1.807, 2.05) is 0 Å². The Kier molecular flexibility index (Phi) is 12.6. The van der Waals surface area contributed by atoms with Gasteiger partial charge in [-0.25, -0.2) is 0 Å². The summed E-state index contributed by atoms with van der Waals surface area (Å²) in [5, 5.41) is 0. The van der Waals surface area contributed by atoms with Gasteiger partial charge in [0.25, 0.3) is 6.47 Å². The van der Waals surface area contributed by atoms with Crippen molar-refractivity contribution in [1.29, 1.82) is 0 Å². The van der Waals surface area contributed by atoms with Crippen molar-refractivity contribution in [2.45, 2.75) is 0 Å². The number of carbonyl (C=O) groups excluding carboxylic acids is 1. The Balaban J connectivity index is -0.000000180. The Labute approximate surface area is 75.7 Å². The Morgan fingerprint density at radius 3 is 1.67 bits per heavy atom. The average molecular weight is 138 g/mol. The van der Waals surface area contributed by atoms with Gasteiger partial charge >= 0.3 is 37.7 Å². The van der Waals surface area contributed by atoms with Crippen LogP contribution in [0.25, 0.3) is 0 Å². The molecule has 0 rings (SSSR count). The maximum atomic E-state index is 9.25. The SMILES string of the molecule is O=COP(=O)([O-])[O-].[Li+].[Li+]. The van der Waals surface area contributed by atoms with Gasteiger partial charge in [0.15, 0.2) is 0 Å². The fraction of sp³-hybridized carbons (Fsp3) is 0. The Morgan fingerprint density at radius 1 is 1.33 bits per heavy atom. The Hall–Kier alpha value is 0.815. The number of phosphoric acid groups is 1. The van der Waals surface area contributed by atoms with Gasteiger partial charge in [-0.1, -0.05) is 0 Å². The number of hydrogen-bond acceptors (Lipinski definition) is 5. The second-order valence-corrected chi connectivity index (χ2v) is 1.75. The van der Waals surface area contributed by atoms with Gasteiger partial charge in [-0.15, -0.1) is 0 Å². The topological polar surface area (TPSA) is 89.5 Å². The molecule has 8 heteroatoms. The molecule has 0 saturated heterocycles. The first kappa shape index (κ1) is 16.4. The van der Waals surface area contributed by atoms with Crippen molar-refractivity contribution in [3.05, 3.63) is 0 Å². The van der Waals surface area contributed by atoms with Crippen molar-refractivity contribution in [1.82, 2.24) is 0 Å². The third kappa shape index (κ3) is 17.7. The van der Waals surface area contributed by atoms with Crippen LogP contribution in [0.1, 0.15) is 0 Å². The van der Waals surface area contributed by atoms with Crippen LogP contribution < -0.4 is 47.5 Å². The van der Waals surface area contributed by atoms with Crippen LogP contribution in [0, 0.1) is 0 Å². The van der Waals surface area contributed by atoms with E-state index >= 15 is 0 Å². The predicted octanol–water partition coefficient (Wildman–Crippen LogP) is -8.00. The fourth-order valence-corrected chi connectivity index (χ4v) is 0.158. The molecule has 0 unspecified atom stereocenters. The summed E-state index contributed by atoms with van der Waals surface area (Å²) >= 11 is 0. The second kappa shape index (κ2) is 6.93. The Morgan fingerprint density at radius 2 is 1.67 bits per heavy atom. The molecule has 0 radical (unpaired) electrons. The van der Waals surface area contributed by atoms with E-state index in [1.165, 1.54) is 0 Å². The van der Waals surface area contributed by atoms with Gasteiger partial charge in [0.2, 0.25) is 0 Å². The van der Waals surface area contributed by atoms with E-state index in [0.29, 0.717) is 0 Å². The first-order chi connectivity index (χ1) is 3.06. The van der Waals surface area contributed by atoms with E-state index < -0.39 is 14.3 Å². The standard InChI is InChI=1S/CH3O5P.2Li/c2-1-6-7(3,4)5;;/h1H,(H2,3,4,5);;/q;2*+1/p-2. The number of carbonyl (C=O) groups is 1. The molecule has 0 N–H and O–H groups in total. The molecule has 5 nitrogen and oxygen atoms in total. The zero-order chi connectivity index (χ0) is 5.91. The monoisotopic (exact) mass is 138 g/mol. The summed E-state index contributed by atoms with van der Waals surface area (Å²) in [7, 11) is -5.03. The van der Waals surface area contributed by atoms with Crippen LogP contribution in [0.15, 0.2) is 0 Å². The molecular weight excluding hydrogens is 137 g/mol. The molecule has 0 bridgehead atoms. The maximum Gasteiger partial charge on any atom is 1.00 e. The quantitative estimate of drug-likeness (QED) is 0.214. The van der Waals surface area contributed by atoms with Crippen molar-refractivity contribution in [3.63, 3.8) is 0 Å². The minimum atomic E-state index is -5.03. The molecule has 0 aliphatic heterocycles. The molecule has 0 spiro atoms. The minimum absolute atomic E-state index is 0. The van der Waals surface area contributed by atoms with Gasteiger partial charge in [-0.05, 0) is 0 Å². The molecule has 42 valence electrons. The summed E-state index contributed by atoms with van der Waals surface area (Å²) in [5.74, 6) is 0. The summed E-state index contributed by atoms with van der Waals surface area (Å²) < 4.78 is 12.2. The van der Waals surface area contributed by atoms with Crippen LogP contribution in [0.2, 0.25) is 0 Å². The summed E-state index contributed by atoms with van der Waals surface area (Å²) in [5.41, 5.74) is 0. The molecule has 0 aromatic rings. The molecule has 0 atom stereocenters. The molecule has 9 heavy (non-hydrogen) atoms. The van der Waals surface area contributed by atoms with Crippen molar-refractivity contribution < 1.29 is 61.4 Å². The largest absolute Gasteiger partial charge is 1.00 e. The van der Waals surface area contributed by atoms with Gasteiger partial charge in [0, 0.05) is 0 Å². The van der Waals surface area contributed by atoms with E-state index in [1.54, 1.807) is 0 Å².